The third-order valence-corrected chi connectivity index (χ3v) is 4.68. The summed E-state index contributed by atoms with van der Waals surface area (Å²) < 4.78 is 0. The smallest absolute Gasteiger partial charge is 0.324 e. The maximum absolute atomic E-state index is 12.7. The molecule has 0 bridgehead atoms. The number of hydrogen-bond acceptors (Lipinski definition) is 1. The number of fused-ring (bicyclic) bond motifs is 3. The second kappa shape index (κ2) is 5.76. The van der Waals surface area contributed by atoms with Crippen LogP contribution in [0, 0.1) is 0 Å². The molecule has 0 aliphatic carbocycles. The van der Waals surface area contributed by atoms with E-state index in [1.807, 2.05) is 42.0 Å². The minimum atomic E-state index is -0.124. The van der Waals surface area contributed by atoms with Gasteiger partial charge in [-0.1, -0.05) is 32.0 Å². The van der Waals surface area contributed by atoms with Crippen LogP contribution in [0.4, 0.5) is 4.79 Å². The molecule has 4 nitrogen and oxygen atoms in total. The van der Waals surface area contributed by atoms with Crippen molar-refractivity contribution in [1.82, 2.24) is 14.8 Å². The van der Waals surface area contributed by atoms with E-state index in [2.05, 4.69) is 37.0 Å². The molecule has 0 radical (unpaired) electrons. The maximum Gasteiger partial charge on any atom is 0.324 e. The number of H-pyrrole nitrogens is 1. The van der Waals surface area contributed by atoms with E-state index in [0.29, 0.717) is 6.54 Å². The van der Waals surface area contributed by atoms with E-state index in [1.54, 1.807) is 0 Å². The zero-order valence-electron chi connectivity index (χ0n) is 14.4. The number of nitrogens with one attached hydrogen (secondary N) is 1. The lowest BCUT2D eigenvalue weighted by Crippen LogP contribution is -2.44. The van der Waals surface area contributed by atoms with E-state index >= 15 is 0 Å². The van der Waals surface area contributed by atoms with Crippen LogP contribution in [0.25, 0.3) is 17.0 Å². The van der Waals surface area contributed by atoms with Crippen molar-refractivity contribution in [1.29, 1.82) is 0 Å². The fourth-order valence-corrected chi connectivity index (χ4v) is 3.55. The highest BCUT2D eigenvalue weighted by Crippen LogP contribution is 2.37. The minimum Gasteiger partial charge on any atom is -0.355 e. The van der Waals surface area contributed by atoms with E-state index in [9.17, 15) is 4.79 Å². The van der Waals surface area contributed by atoms with Gasteiger partial charge in [-0.2, -0.15) is 0 Å². The van der Waals surface area contributed by atoms with Crippen LogP contribution in [0.1, 0.15) is 39.0 Å². The Kier molecular flexibility index (Phi) is 3.92. The first-order valence-corrected chi connectivity index (χ1v) is 8.33. The van der Waals surface area contributed by atoms with Gasteiger partial charge in [0.15, 0.2) is 0 Å². The molecule has 4 heteroatoms. The summed E-state index contributed by atoms with van der Waals surface area (Å²) in [5.41, 5.74) is 3.42. The fourth-order valence-electron chi connectivity index (χ4n) is 3.55. The molecule has 0 saturated heterocycles. The van der Waals surface area contributed by atoms with Crippen molar-refractivity contribution in [3.8, 4) is 0 Å². The SMILES string of the molecule is CCN(CC)C(=O)N1C=Cc2[nH]c3ccccc3c2C(C)(C)C1. The molecule has 1 aromatic heterocycles. The van der Waals surface area contributed by atoms with E-state index in [-0.39, 0.29) is 11.4 Å². The minimum absolute atomic E-state index is 0.0776. The number of urea groups is 1. The molecule has 0 spiro atoms. The molecule has 2 amide bonds. The topological polar surface area (TPSA) is 39.3 Å². The molecule has 1 aliphatic rings. The number of nitrogens with zero attached hydrogens (tertiary/aromatic N) is 2. The number of amides is 2. The average molecular weight is 311 g/mol. The van der Waals surface area contributed by atoms with E-state index in [1.165, 1.54) is 10.9 Å². The van der Waals surface area contributed by atoms with Gasteiger partial charge in [-0.3, -0.25) is 0 Å². The van der Waals surface area contributed by atoms with Gasteiger partial charge in [0.05, 0.1) is 0 Å². The molecule has 122 valence electrons. The van der Waals surface area contributed by atoms with Crippen LogP contribution in [0.2, 0.25) is 0 Å². The predicted molar refractivity (Wildman–Crippen MR) is 95.4 cm³/mol. The largest absolute Gasteiger partial charge is 0.355 e. The third-order valence-electron chi connectivity index (χ3n) is 4.68. The summed E-state index contributed by atoms with van der Waals surface area (Å²) in [6.07, 6.45) is 3.95. The molecule has 1 aromatic carbocycles. The van der Waals surface area contributed by atoms with Crippen LogP contribution in [0.3, 0.4) is 0 Å². The Bertz CT molecular complexity index is 753. The second-order valence-electron chi connectivity index (χ2n) is 6.74. The van der Waals surface area contributed by atoms with Gasteiger partial charge in [0.1, 0.15) is 0 Å². The number of rotatable bonds is 2. The van der Waals surface area contributed by atoms with Crippen molar-refractivity contribution >= 4 is 23.0 Å². The molecule has 1 N–H and O–H groups in total. The van der Waals surface area contributed by atoms with Gasteiger partial charge in [-0.25, -0.2) is 4.79 Å². The molecular formula is C19H25N3O. The molecule has 2 aromatic rings. The van der Waals surface area contributed by atoms with E-state index < -0.39 is 0 Å². The Morgan fingerprint density at radius 3 is 2.65 bits per heavy atom. The van der Waals surface area contributed by atoms with Crippen molar-refractivity contribution < 1.29 is 4.79 Å². The van der Waals surface area contributed by atoms with Crippen LogP contribution >= 0.6 is 0 Å². The zero-order valence-corrected chi connectivity index (χ0v) is 14.4. The van der Waals surface area contributed by atoms with Gasteiger partial charge < -0.3 is 14.8 Å². The number of hydrogen-bond donors (Lipinski definition) is 1. The summed E-state index contributed by atoms with van der Waals surface area (Å²) in [5, 5.41) is 1.24. The zero-order chi connectivity index (χ0) is 16.6. The van der Waals surface area contributed by atoms with Crippen LogP contribution in [0.15, 0.2) is 30.5 Å². The molecule has 0 atom stereocenters. The van der Waals surface area contributed by atoms with Crippen LogP contribution < -0.4 is 0 Å². The molecule has 1 aliphatic heterocycles. The average Bonchev–Trinajstić information content (AvgIpc) is 2.85. The van der Waals surface area contributed by atoms with E-state index in [4.69, 9.17) is 0 Å². The Hall–Kier alpha value is -2.23. The summed E-state index contributed by atoms with van der Waals surface area (Å²) in [5.74, 6) is 0. The third kappa shape index (κ3) is 2.62. The van der Waals surface area contributed by atoms with Gasteiger partial charge in [0.25, 0.3) is 0 Å². The summed E-state index contributed by atoms with van der Waals surface area (Å²) in [7, 11) is 0. The number of carbonyl (C=O) groups excluding carboxylic acids is 1. The van der Waals surface area contributed by atoms with Crippen molar-refractivity contribution in [3.63, 3.8) is 0 Å². The Morgan fingerprint density at radius 1 is 1.26 bits per heavy atom. The molecule has 23 heavy (non-hydrogen) atoms. The highest BCUT2D eigenvalue weighted by atomic mass is 16.2. The normalized spacial score (nSPS) is 16.3. The number of benzene rings is 1. The number of para-hydroxylation sites is 1. The van der Waals surface area contributed by atoms with E-state index in [0.717, 1.165) is 24.3 Å². The lowest BCUT2D eigenvalue weighted by atomic mass is 9.82. The summed E-state index contributed by atoms with van der Waals surface area (Å²) in [6.45, 7) is 10.6. The highest BCUT2D eigenvalue weighted by molar-refractivity contribution is 5.89. The van der Waals surface area contributed by atoms with Crippen molar-refractivity contribution in [2.24, 2.45) is 0 Å². The number of carbonyl (C=O) groups is 1. The molecule has 0 saturated carbocycles. The second-order valence-corrected chi connectivity index (χ2v) is 6.74. The van der Waals surface area contributed by atoms with Crippen molar-refractivity contribution in [3.05, 3.63) is 41.7 Å². The maximum atomic E-state index is 12.7. The van der Waals surface area contributed by atoms with Crippen LogP contribution in [-0.4, -0.2) is 40.4 Å². The van der Waals surface area contributed by atoms with Crippen molar-refractivity contribution in [2.75, 3.05) is 19.6 Å². The first kappa shape index (κ1) is 15.7. The molecule has 0 fully saturated rings. The Balaban J connectivity index is 2.03. The van der Waals surface area contributed by atoms with Crippen LogP contribution in [-0.2, 0) is 5.41 Å². The lowest BCUT2D eigenvalue weighted by Gasteiger charge is -2.32. The Labute approximate surface area is 137 Å². The fraction of sp³-hybridized carbons (Fsp3) is 0.421. The van der Waals surface area contributed by atoms with Gasteiger partial charge >= 0.3 is 6.03 Å². The number of aromatic amines is 1. The summed E-state index contributed by atoms with van der Waals surface area (Å²) in [6, 6.07) is 8.45. The standard InChI is InChI=1S/C19H25N3O/c1-5-21(6-2)18(23)22-12-11-16-17(19(3,4)13-22)14-9-7-8-10-15(14)20-16/h7-12,20H,5-6,13H2,1-4H3. The summed E-state index contributed by atoms with van der Waals surface area (Å²) >= 11 is 0. The van der Waals surface area contributed by atoms with Crippen LogP contribution in [0.5, 0.6) is 0 Å². The first-order chi connectivity index (χ1) is 11.0. The lowest BCUT2D eigenvalue weighted by molar-refractivity contribution is 0.167. The van der Waals surface area contributed by atoms with Gasteiger partial charge in [0, 0.05) is 47.8 Å². The molecule has 2 heterocycles. The number of aromatic nitrogens is 1. The molecule has 0 unspecified atom stereocenters. The highest BCUT2D eigenvalue weighted by Gasteiger charge is 2.33. The van der Waals surface area contributed by atoms with Gasteiger partial charge in [-0.05, 0) is 31.6 Å². The molecular weight excluding hydrogens is 286 g/mol. The summed E-state index contributed by atoms with van der Waals surface area (Å²) in [4.78, 5) is 19.9. The first-order valence-electron chi connectivity index (χ1n) is 8.33. The molecule has 3 rings (SSSR count). The Morgan fingerprint density at radius 2 is 1.96 bits per heavy atom. The van der Waals surface area contributed by atoms with Gasteiger partial charge in [-0.15, -0.1) is 0 Å². The quantitative estimate of drug-likeness (QED) is 0.887. The monoisotopic (exact) mass is 311 g/mol. The van der Waals surface area contributed by atoms with Gasteiger partial charge in [0.2, 0.25) is 0 Å². The van der Waals surface area contributed by atoms with Crippen molar-refractivity contribution in [2.45, 2.75) is 33.1 Å². The predicted octanol–water partition coefficient (Wildman–Crippen LogP) is 4.19.